The van der Waals surface area contributed by atoms with Crippen LogP contribution in [0.2, 0.25) is 0 Å². The summed E-state index contributed by atoms with van der Waals surface area (Å²) in [6, 6.07) is 16.5. The predicted molar refractivity (Wildman–Crippen MR) is 112 cm³/mol. The Morgan fingerprint density at radius 1 is 1.15 bits per heavy atom. The summed E-state index contributed by atoms with van der Waals surface area (Å²) in [6.45, 7) is 0.315. The lowest BCUT2D eigenvalue weighted by molar-refractivity contribution is 0.140. The Balaban J connectivity index is 1.42. The van der Waals surface area contributed by atoms with Crippen molar-refractivity contribution < 1.29 is 9.53 Å². The van der Waals surface area contributed by atoms with Crippen LogP contribution in [0.5, 0.6) is 0 Å². The molecule has 27 heavy (non-hydrogen) atoms. The van der Waals surface area contributed by atoms with E-state index in [0.717, 1.165) is 5.69 Å². The molecular formula is C21H20N2O2S2. The first-order valence-corrected chi connectivity index (χ1v) is 10.4. The van der Waals surface area contributed by atoms with E-state index >= 15 is 0 Å². The maximum atomic E-state index is 12.3. The van der Waals surface area contributed by atoms with E-state index < -0.39 is 6.09 Å². The van der Waals surface area contributed by atoms with Gasteiger partial charge in [0, 0.05) is 29.5 Å². The largest absolute Gasteiger partial charge is 0.449 e. The van der Waals surface area contributed by atoms with Crippen LogP contribution in [0.25, 0.3) is 11.1 Å². The maximum absolute atomic E-state index is 12.3. The summed E-state index contributed by atoms with van der Waals surface area (Å²) in [5.74, 6) is 0.595. The van der Waals surface area contributed by atoms with Crippen molar-refractivity contribution in [1.82, 2.24) is 10.3 Å². The zero-order chi connectivity index (χ0) is 18.6. The van der Waals surface area contributed by atoms with Crippen molar-refractivity contribution in [2.24, 2.45) is 0 Å². The first kappa shape index (κ1) is 18.1. The molecule has 138 valence electrons. The van der Waals surface area contributed by atoms with Crippen molar-refractivity contribution in [3.63, 3.8) is 0 Å². The number of thiazole rings is 1. The van der Waals surface area contributed by atoms with Crippen LogP contribution in [-0.4, -0.2) is 29.5 Å². The van der Waals surface area contributed by atoms with E-state index in [1.165, 1.54) is 22.3 Å². The summed E-state index contributed by atoms with van der Waals surface area (Å²) in [7, 11) is 0. The fourth-order valence-corrected chi connectivity index (χ4v) is 4.35. The van der Waals surface area contributed by atoms with Gasteiger partial charge in [-0.05, 0) is 22.3 Å². The van der Waals surface area contributed by atoms with E-state index in [4.69, 9.17) is 4.74 Å². The summed E-state index contributed by atoms with van der Waals surface area (Å²) in [5, 5.41) is 4.89. The van der Waals surface area contributed by atoms with Crippen molar-refractivity contribution in [3.05, 3.63) is 76.2 Å². The van der Waals surface area contributed by atoms with Gasteiger partial charge >= 0.3 is 6.09 Å². The molecule has 1 amide bonds. The summed E-state index contributed by atoms with van der Waals surface area (Å²) in [5.41, 5.74) is 7.60. The second-order valence-corrected chi connectivity index (χ2v) is 7.62. The molecular weight excluding hydrogens is 376 g/mol. The number of nitrogens with one attached hydrogen (secondary N) is 1. The van der Waals surface area contributed by atoms with E-state index in [9.17, 15) is 4.79 Å². The third-order valence-corrected chi connectivity index (χ3v) is 5.90. The molecule has 1 N–H and O–H groups in total. The van der Waals surface area contributed by atoms with Crippen LogP contribution in [0, 0.1) is 0 Å². The fourth-order valence-electron chi connectivity index (χ4n) is 3.56. The van der Waals surface area contributed by atoms with Crippen LogP contribution in [0.3, 0.4) is 0 Å². The third kappa shape index (κ3) is 3.87. The number of alkyl carbamates (subject to hydrolysis) is 1. The van der Waals surface area contributed by atoms with Gasteiger partial charge in [-0.1, -0.05) is 48.5 Å². The van der Waals surface area contributed by atoms with Crippen LogP contribution >= 0.6 is 24.0 Å². The quantitative estimate of drug-likeness (QED) is 0.602. The van der Waals surface area contributed by atoms with Crippen LogP contribution in [0.1, 0.15) is 22.7 Å². The van der Waals surface area contributed by atoms with Crippen molar-refractivity contribution >= 4 is 30.1 Å². The summed E-state index contributed by atoms with van der Waals surface area (Å²) >= 11 is 5.88. The molecule has 4 rings (SSSR count). The van der Waals surface area contributed by atoms with Crippen molar-refractivity contribution in [2.45, 2.75) is 18.4 Å². The van der Waals surface area contributed by atoms with Gasteiger partial charge < -0.3 is 10.1 Å². The number of ether oxygens (including phenoxy) is 1. The number of carbonyl (C=O) groups is 1. The van der Waals surface area contributed by atoms with Gasteiger partial charge in [-0.3, -0.25) is 0 Å². The van der Waals surface area contributed by atoms with Crippen LogP contribution in [0.15, 0.2) is 59.4 Å². The molecule has 1 heterocycles. The molecule has 2 aromatic carbocycles. The zero-order valence-electron chi connectivity index (χ0n) is 14.7. The number of rotatable bonds is 6. The first-order valence-electron chi connectivity index (χ1n) is 8.85. The van der Waals surface area contributed by atoms with Crippen molar-refractivity contribution in [1.29, 1.82) is 0 Å². The number of hydrogen-bond acceptors (Lipinski definition) is 5. The predicted octanol–water partition coefficient (Wildman–Crippen LogP) is 4.52. The average Bonchev–Trinajstić information content (AvgIpc) is 3.32. The summed E-state index contributed by atoms with van der Waals surface area (Å²) in [4.78, 5) is 16.6. The van der Waals surface area contributed by atoms with Gasteiger partial charge in [-0.25, -0.2) is 9.78 Å². The van der Waals surface area contributed by atoms with Crippen molar-refractivity contribution in [2.75, 3.05) is 12.4 Å². The standard InChI is InChI=1S/C21H20N2O2S2/c24-21(23-14(11-26)9-15-12-27-13-22-15)25-10-20-18-7-3-1-5-16(18)17-6-2-4-8-19(17)20/h1-8,12-14,20,26H,9-11H2,(H,23,24)/t14-/m0/s1. The summed E-state index contributed by atoms with van der Waals surface area (Å²) < 4.78 is 5.59. The van der Waals surface area contributed by atoms with Gasteiger partial charge in [0.1, 0.15) is 6.61 Å². The van der Waals surface area contributed by atoms with Gasteiger partial charge in [0.15, 0.2) is 0 Å². The summed E-state index contributed by atoms with van der Waals surface area (Å²) in [6.07, 6.45) is 0.239. The molecule has 4 nitrogen and oxygen atoms in total. The molecule has 3 aromatic rings. The molecule has 0 bridgehead atoms. The van der Waals surface area contributed by atoms with Crippen molar-refractivity contribution in [3.8, 4) is 11.1 Å². The minimum Gasteiger partial charge on any atom is -0.449 e. The Hall–Kier alpha value is -2.31. The molecule has 1 aliphatic rings. The SMILES string of the molecule is O=C(N[C@H](CS)Cc1cscn1)OCC1c2ccccc2-c2ccccc21. The van der Waals surface area contributed by atoms with E-state index in [2.05, 4.69) is 47.2 Å². The number of amides is 1. The van der Waals surface area contributed by atoms with Crippen LogP contribution < -0.4 is 5.32 Å². The molecule has 0 radical (unpaired) electrons. The number of carbonyl (C=O) groups excluding carboxylic acids is 1. The van der Waals surface area contributed by atoms with E-state index in [-0.39, 0.29) is 12.0 Å². The smallest absolute Gasteiger partial charge is 0.407 e. The molecule has 6 heteroatoms. The van der Waals surface area contributed by atoms with Gasteiger partial charge in [-0.2, -0.15) is 12.6 Å². The normalized spacial score (nSPS) is 13.7. The molecule has 0 saturated carbocycles. The molecule has 0 spiro atoms. The monoisotopic (exact) mass is 396 g/mol. The third-order valence-electron chi connectivity index (χ3n) is 4.83. The zero-order valence-corrected chi connectivity index (χ0v) is 16.4. The van der Waals surface area contributed by atoms with Gasteiger partial charge in [0.2, 0.25) is 0 Å². The highest BCUT2D eigenvalue weighted by Crippen LogP contribution is 2.44. The van der Waals surface area contributed by atoms with E-state index in [1.54, 1.807) is 16.8 Å². The Morgan fingerprint density at radius 3 is 2.41 bits per heavy atom. The van der Waals surface area contributed by atoms with E-state index in [1.807, 2.05) is 29.6 Å². The fraction of sp³-hybridized carbons (Fsp3) is 0.238. The number of hydrogen-bond donors (Lipinski definition) is 2. The Morgan fingerprint density at radius 2 is 1.81 bits per heavy atom. The molecule has 0 saturated heterocycles. The highest BCUT2D eigenvalue weighted by atomic mass is 32.1. The molecule has 1 aliphatic carbocycles. The van der Waals surface area contributed by atoms with Gasteiger partial charge in [0.05, 0.1) is 11.2 Å². The lowest BCUT2D eigenvalue weighted by Crippen LogP contribution is -2.38. The molecule has 0 aliphatic heterocycles. The Bertz CT molecular complexity index is 882. The highest BCUT2D eigenvalue weighted by Gasteiger charge is 2.29. The minimum absolute atomic E-state index is 0.0659. The van der Waals surface area contributed by atoms with Crippen LogP contribution in [-0.2, 0) is 11.2 Å². The van der Waals surface area contributed by atoms with Gasteiger partial charge in [0.25, 0.3) is 0 Å². The number of thiol groups is 1. The van der Waals surface area contributed by atoms with Crippen LogP contribution in [0.4, 0.5) is 4.79 Å². The number of nitrogens with zero attached hydrogens (tertiary/aromatic N) is 1. The minimum atomic E-state index is -0.411. The highest BCUT2D eigenvalue weighted by molar-refractivity contribution is 7.80. The first-order chi connectivity index (χ1) is 13.3. The number of benzene rings is 2. The second-order valence-electron chi connectivity index (χ2n) is 6.53. The lowest BCUT2D eigenvalue weighted by Gasteiger charge is -2.18. The molecule has 1 aromatic heterocycles. The van der Waals surface area contributed by atoms with Gasteiger partial charge in [-0.15, -0.1) is 11.3 Å². The number of aromatic nitrogens is 1. The lowest BCUT2D eigenvalue weighted by atomic mass is 9.98. The molecule has 0 unspecified atom stereocenters. The number of fused-ring (bicyclic) bond motifs is 3. The Kier molecular flexibility index (Phi) is 5.45. The molecule has 1 atom stereocenters. The average molecular weight is 397 g/mol. The molecule has 0 fully saturated rings. The maximum Gasteiger partial charge on any atom is 0.407 e. The Labute approximate surface area is 168 Å². The topological polar surface area (TPSA) is 51.2 Å². The second kappa shape index (κ2) is 8.15. The van der Waals surface area contributed by atoms with E-state index in [0.29, 0.717) is 18.8 Å².